The molecule has 0 unspecified atom stereocenters. The Labute approximate surface area is 225 Å². The molecule has 0 fully saturated rings. The highest BCUT2D eigenvalue weighted by Crippen LogP contribution is 2.40. The summed E-state index contributed by atoms with van der Waals surface area (Å²) in [4.78, 5) is 10.6. The van der Waals surface area contributed by atoms with Crippen LogP contribution in [0.15, 0.2) is 91.0 Å². The Kier molecular flexibility index (Phi) is 13.5. The molecule has 7 heteroatoms. The molecule has 0 atom stereocenters. The second-order valence-corrected chi connectivity index (χ2v) is 8.42. The van der Waals surface area contributed by atoms with Crippen molar-refractivity contribution in [1.29, 1.82) is 0 Å². The van der Waals surface area contributed by atoms with E-state index in [1.165, 1.54) is 6.92 Å². The Balaban J connectivity index is 1.38. The van der Waals surface area contributed by atoms with E-state index < -0.39 is 5.60 Å². The maximum Gasteiger partial charge on any atom is 0.302 e. The Morgan fingerprint density at radius 2 is 0.816 bits per heavy atom. The third kappa shape index (κ3) is 9.67. The molecule has 0 amide bonds. The van der Waals surface area contributed by atoms with Gasteiger partial charge in [-0.3, -0.25) is 4.79 Å². The fraction of sp³-hybridized carbons (Fsp3) is 0.387. The monoisotopic (exact) mass is 522 g/mol. The van der Waals surface area contributed by atoms with Crippen molar-refractivity contribution < 1.29 is 33.2 Å². The van der Waals surface area contributed by atoms with Crippen molar-refractivity contribution in [1.82, 2.24) is 0 Å². The molecule has 0 radical (unpaired) electrons. The number of benzene rings is 3. The molecule has 0 saturated heterocycles. The summed E-state index contributed by atoms with van der Waals surface area (Å²) in [7, 11) is 0. The number of esters is 1. The van der Waals surface area contributed by atoms with Crippen molar-refractivity contribution in [3.8, 4) is 0 Å². The second-order valence-electron chi connectivity index (χ2n) is 8.42. The first-order valence-corrected chi connectivity index (χ1v) is 13.0. The largest absolute Gasteiger partial charge is 0.463 e. The SMILES string of the molecule is CC(=O)OCCOCCOCCOCCOCCOC(c1ccccc1)(c1ccccc1)c1ccccc1. The van der Waals surface area contributed by atoms with Gasteiger partial charge >= 0.3 is 5.97 Å². The van der Waals surface area contributed by atoms with Crippen LogP contribution in [0.4, 0.5) is 0 Å². The van der Waals surface area contributed by atoms with Crippen molar-refractivity contribution in [3.05, 3.63) is 108 Å². The van der Waals surface area contributed by atoms with Crippen LogP contribution in [0, 0.1) is 0 Å². The lowest BCUT2D eigenvalue weighted by molar-refractivity contribution is -0.142. The quantitative estimate of drug-likeness (QED) is 0.129. The van der Waals surface area contributed by atoms with Crippen molar-refractivity contribution >= 4 is 5.97 Å². The fourth-order valence-electron chi connectivity index (χ4n) is 4.03. The van der Waals surface area contributed by atoms with Gasteiger partial charge in [0.2, 0.25) is 0 Å². The molecule has 0 aliphatic carbocycles. The molecule has 0 N–H and O–H groups in total. The Morgan fingerprint density at radius 1 is 0.500 bits per heavy atom. The van der Waals surface area contributed by atoms with Gasteiger partial charge in [-0.2, -0.15) is 0 Å². The summed E-state index contributed by atoms with van der Waals surface area (Å²) in [6, 6.07) is 30.9. The molecule has 0 aliphatic rings. The minimum Gasteiger partial charge on any atom is -0.463 e. The minimum atomic E-state index is -0.745. The van der Waals surface area contributed by atoms with E-state index in [1.54, 1.807) is 0 Å². The number of hydrogen-bond acceptors (Lipinski definition) is 7. The molecule has 0 heterocycles. The van der Waals surface area contributed by atoms with Crippen LogP contribution in [0.3, 0.4) is 0 Å². The zero-order valence-corrected chi connectivity index (χ0v) is 22.1. The second kappa shape index (κ2) is 17.4. The highest BCUT2D eigenvalue weighted by molar-refractivity contribution is 5.65. The summed E-state index contributed by atoms with van der Waals surface area (Å²) in [5.41, 5.74) is 2.45. The van der Waals surface area contributed by atoms with Gasteiger partial charge in [-0.25, -0.2) is 0 Å². The molecule has 3 rings (SSSR count). The van der Waals surface area contributed by atoms with Gasteiger partial charge in [0.15, 0.2) is 0 Å². The average molecular weight is 523 g/mol. The van der Waals surface area contributed by atoms with E-state index in [0.29, 0.717) is 59.5 Å². The molecule has 3 aromatic carbocycles. The van der Waals surface area contributed by atoms with Gasteiger partial charge < -0.3 is 28.4 Å². The van der Waals surface area contributed by atoms with Crippen molar-refractivity contribution in [2.75, 3.05) is 66.1 Å². The third-order valence-corrected chi connectivity index (χ3v) is 5.74. The number of hydrogen-bond donors (Lipinski definition) is 0. The van der Waals surface area contributed by atoms with E-state index in [0.717, 1.165) is 16.7 Å². The normalized spacial score (nSPS) is 11.4. The Bertz CT molecular complexity index is 916. The lowest BCUT2D eigenvalue weighted by atomic mass is 9.80. The number of ether oxygens (including phenoxy) is 6. The molecule has 38 heavy (non-hydrogen) atoms. The maximum absolute atomic E-state index is 10.6. The topological polar surface area (TPSA) is 72.5 Å². The Morgan fingerprint density at radius 3 is 1.16 bits per heavy atom. The van der Waals surface area contributed by atoms with Gasteiger partial charge in [0, 0.05) is 6.92 Å². The first-order chi connectivity index (χ1) is 18.7. The van der Waals surface area contributed by atoms with Crippen LogP contribution in [-0.2, 0) is 38.8 Å². The number of rotatable bonds is 19. The van der Waals surface area contributed by atoms with Crippen molar-refractivity contribution in [2.24, 2.45) is 0 Å². The van der Waals surface area contributed by atoms with Crippen molar-refractivity contribution in [2.45, 2.75) is 12.5 Å². The lowest BCUT2D eigenvalue weighted by Crippen LogP contribution is -2.34. The highest BCUT2D eigenvalue weighted by atomic mass is 16.6. The first kappa shape index (κ1) is 29.5. The summed E-state index contributed by atoms with van der Waals surface area (Å²) >= 11 is 0. The molecule has 204 valence electrons. The number of carbonyl (C=O) groups excluding carboxylic acids is 1. The summed E-state index contributed by atoms with van der Waals surface area (Å²) in [6.07, 6.45) is 0. The zero-order valence-electron chi connectivity index (χ0n) is 22.1. The van der Waals surface area contributed by atoms with Gasteiger partial charge in [0.05, 0.1) is 59.5 Å². The molecule has 0 saturated carbocycles. The fourth-order valence-corrected chi connectivity index (χ4v) is 4.03. The van der Waals surface area contributed by atoms with Gasteiger partial charge in [-0.1, -0.05) is 91.0 Å². The van der Waals surface area contributed by atoms with Gasteiger partial charge in [-0.15, -0.1) is 0 Å². The van der Waals surface area contributed by atoms with Gasteiger partial charge in [-0.05, 0) is 16.7 Å². The van der Waals surface area contributed by atoms with E-state index in [-0.39, 0.29) is 12.6 Å². The molecular formula is C31H38O7. The summed E-state index contributed by atoms with van der Waals surface area (Å²) in [5.74, 6) is -0.307. The number of carbonyl (C=O) groups is 1. The first-order valence-electron chi connectivity index (χ1n) is 13.0. The smallest absolute Gasteiger partial charge is 0.302 e. The molecule has 3 aromatic rings. The van der Waals surface area contributed by atoms with E-state index in [9.17, 15) is 4.79 Å². The van der Waals surface area contributed by atoms with Crippen LogP contribution in [0.1, 0.15) is 23.6 Å². The van der Waals surface area contributed by atoms with Crippen LogP contribution >= 0.6 is 0 Å². The van der Waals surface area contributed by atoms with Crippen molar-refractivity contribution in [3.63, 3.8) is 0 Å². The minimum absolute atomic E-state index is 0.259. The molecule has 0 spiro atoms. The highest BCUT2D eigenvalue weighted by Gasteiger charge is 2.37. The average Bonchev–Trinajstić information content (AvgIpc) is 2.96. The lowest BCUT2D eigenvalue weighted by Gasteiger charge is -2.36. The molecular weight excluding hydrogens is 484 g/mol. The van der Waals surface area contributed by atoms with E-state index in [4.69, 9.17) is 28.4 Å². The molecule has 0 aromatic heterocycles. The van der Waals surface area contributed by atoms with Crippen LogP contribution in [0.5, 0.6) is 0 Å². The van der Waals surface area contributed by atoms with Crippen LogP contribution in [-0.4, -0.2) is 72.0 Å². The van der Waals surface area contributed by atoms with E-state index in [1.807, 2.05) is 54.6 Å². The zero-order chi connectivity index (χ0) is 26.7. The molecule has 7 nitrogen and oxygen atoms in total. The van der Waals surface area contributed by atoms with Crippen LogP contribution in [0.2, 0.25) is 0 Å². The van der Waals surface area contributed by atoms with Crippen LogP contribution < -0.4 is 0 Å². The summed E-state index contributed by atoms with van der Waals surface area (Å²) < 4.78 is 33.6. The third-order valence-electron chi connectivity index (χ3n) is 5.74. The van der Waals surface area contributed by atoms with Crippen LogP contribution in [0.25, 0.3) is 0 Å². The Hall–Kier alpha value is -3.07. The van der Waals surface area contributed by atoms with E-state index in [2.05, 4.69) is 36.4 Å². The maximum atomic E-state index is 10.6. The van der Waals surface area contributed by atoms with E-state index >= 15 is 0 Å². The van der Waals surface area contributed by atoms with Gasteiger partial charge in [0.1, 0.15) is 12.2 Å². The molecule has 0 aliphatic heterocycles. The predicted molar refractivity (Wildman–Crippen MR) is 145 cm³/mol. The summed E-state index contributed by atoms with van der Waals surface area (Å²) in [6.45, 7) is 5.66. The standard InChI is InChI=1S/C31H38O7/c1-27(32)37-25-23-35-21-19-33-17-18-34-20-22-36-24-26-38-31(28-11-5-2-6-12-28,29-13-7-3-8-14-29)30-15-9-4-10-16-30/h2-16H,17-26H2,1H3. The predicted octanol–water partition coefficient (Wildman–Crippen LogP) is 4.62. The van der Waals surface area contributed by atoms with Gasteiger partial charge in [0.25, 0.3) is 0 Å². The summed E-state index contributed by atoms with van der Waals surface area (Å²) in [5, 5.41) is 0. The molecule has 0 bridgehead atoms.